The van der Waals surface area contributed by atoms with Gasteiger partial charge in [-0.05, 0) is 60.7 Å². The lowest BCUT2D eigenvalue weighted by molar-refractivity contribution is -0.139. The molecule has 6 heteroatoms. The molecule has 144 valence electrons. The Morgan fingerprint density at radius 3 is 2.56 bits per heavy atom. The maximum atomic E-state index is 13.7. The van der Waals surface area contributed by atoms with E-state index in [2.05, 4.69) is 5.32 Å². The molecule has 0 spiro atoms. The fourth-order valence-electron chi connectivity index (χ4n) is 3.59. The van der Waals surface area contributed by atoms with Crippen molar-refractivity contribution >= 4 is 29.3 Å². The number of benzene rings is 2. The molecule has 0 amide bonds. The Balaban J connectivity index is 1.92. The summed E-state index contributed by atoms with van der Waals surface area (Å²) in [6, 6.07) is 8.88. The van der Waals surface area contributed by atoms with Crippen LogP contribution in [0.2, 0.25) is 10.0 Å². The van der Waals surface area contributed by atoms with Crippen LogP contribution in [0.1, 0.15) is 46.2 Å². The normalized spacial score (nSPS) is 18.1. The van der Waals surface area contributed by atoms with Gasteiger partial charge in [-0.25, -0.2) is 0 Å². The van der Waals surface area contributed by atoms with Crippen LogP contribution in [0, 0.1) is 6.92 Å². The molecule has 0 saturated heterocycles. The molecule has 27 heavy (non-hydrogen) atoms. The molecule has 0 radical (unpaired) electrons. The first-order chi connectivity index (χ1) is 12.7. The van der Waals surface area contributed by atoms with Crippen molar-refractivity contribution in [1.82, 2.24) is 5.32 Å². The molecule has 2 aromatic carbocycles. The zero-order valence-corrected chi connectivity index (χ0v) is 16.5. The molecule has 0 saturated carbocycles. The molecule has 3 rings (SSSR count). The third-order valence-electron chi connectivity index (χ3n) is 5.02. The molecule has 0 bridgehead atoms. The van der Waals surface area contributed by atoms with E-state index in [9.17, 15) is 13.2 Å². The predicted octanol–water partition coefficient (Wildman–Crippen LogP) is 6.87. The molecule has 1 nitrogen and oxygen atoms in total. The maximum absolute atomic E-state index is 13.7. The highest BCUT2D eigenvalue weighted by Crippen LogP contribution is 2.40. The average molecular weight is 414 g/mol. The van der Waals surface area contributed by atoms with Crippen LogP contribution in [0.4, 0.5) is 13.2 Å². The molecular weight excluding hydrogens is 394 g/mol. The van der Waals surface area contributed by atoms with E-state index in [1.807, 2.05) is 25.2 Å². The summed E-state index contributed by atoms with van der Waals surface area (Å²) in [4.78, 5) is 0. The first-order valence-electron chi connectivity index (χ1n) is 8.71. The first kappa shape index (κ1) is 20.2. The van der Waals surface area contributed by atoms with Crippen LogP contribution < -0.4 is 5.32 Å². The van der Waals surface area contributed by atoms with Crippen LogP contribution in [-0.4, -0.2) is 13.2 Å². The molecular formula is C21H20Cl2F3N. The highest BCUT2D eigenvalue weighted by Gasteiger charge is 2.39. The van der Waals surface area contributed by atoms with E-state index in [1.165, 1.54) is 35.4 Å². The number of aryl methyl sites for hydroxylation is 2. The second kappa shape index (κ2) is 7.86. The summed E-state index contributed by atoms with van der Waals surface area (Å²) < 4.78 is 41.0. The van der Waals surface area contributed by atoms with Crippen LogP contribution in [-0.2, 0) is 6.42 Å². The summed E-state index contributed by atoms with van der Waals surface area (Å²) in [7, 11) is 1.92. The predicted molar refractivity (Wildman–Crippen MR) is 106 cm³/mol. The van der Waals surface area contributed by atoms with E-state index < -0.39 is 12.1 Å². The van der Waals surface area contributed by atoms with Crippen LogP contribution in [0.15, 0.2) is 36.4 Å². The lowest BCUT2D eigenvalue weighted by Crippen LogP contribution is -2.19. The molecule has 0 heterocycles. The average Bonchev–Trinajstić information content (AvgIpc) is 3.01. The summed E-state index contributed by atoms with van der Waals surface area (Å²) in [5.41, 5.74) is 3.78. The summed E-state index contributed by atoms with van der Waals surface area (Å²) in [6.07, 6.45) is 0.228. The van der Waals surface area contributed by atoms with E-state index in [0.29, 0.717) is 11.6 Å². The van der Waals surface area contributed by atoms with Crippen LogP contribution in [0.5, 0.6) is 0 Å². The molecule has 1 N–H and O–H groups in total. The minimum atomic E-state index is -4.42. The SMILES string of the molecule is CNC1CCc2cc(/C=C/C(c3cc(C)c(Cl)c(Cl)c3)C(F)(F)F)ccc21. The Kier molecular flexibility index (Phi) is 5.90. The van der Waals surface area contributed by atoms with E-state index in [4.69, 9.17) is 23.2 Å². The van der Waals surface area contributed by atoms with Gasteiger partial charge in [0, 0.05) is 6.04 Å². The van der Waals surface area contributed by atoms with Crippen molar-refractivity contribution in [2.75, 3.05) is 7.05 Å². The summed E-state index contributed by atoms with van der Waals surface area (Å²) in [5.74, 6) is -1.75. The smallest absolute Gasteiger partial charge is 0.313 e. The Hall–Kier alpha value is -1.49. The van der Waals surface area contributed by atoms with Gasteiger partial charge in [-0.15, -0.1) is 0 Å². The lowest BCUT2D eigenvalue weighted by atomic mass is 9.95. The number of fused-ring (bicyclic) bond motifs is 1. The molecule has 1 aliphatic carbocycles. The van der Waals surface area contributed by atoms with E-state index in [1.54, 1.807) is 6.92 Å². The van der Waals surface area contributed by atoms with Gasteiger partial charge in [0.2, 0.25) is 0 Å². The van der Waals surface area contributed by atoms with Crippen molar-refractivity contribution in [1.29, 1.82) is 0 Å². The lowest BCUT2D eigenvalue weighted by Gasteiger charge is -2.19. The molecule has 0 aliphatic heterocycles. The zero-order chi connectivity index (χ0) is 19.8. The van der Waals surface area contributed by atoms with E-state index in [-0.39, 0.29) is 15.6 Å². The molecule has 2 unspecified atom stereocenters. The van der Waals surface area contributed by atoms with E-state index >= 15 is 0 Å². The van der Waals surface area contributed by atoms with Crippen molar-refractivity contribution in [3.63, 3.8) is 0 Å². The molecule has 1 aliphatic rings. The Morgan fingerprint density at radius 2 is 1.93 bits per heavy atom. The molecule has 0 fully saturated rings. The molecule has 0 aromatic heterocycles. The second-order valence-electron chi connectivity index (χ2n) is 6.85. The van der Waals surface area contributed by atoms with Gasteiger partial charge in [0.05, 0.1) is 16.0 Å². The summed E-state index contributed by atoms with van der Waals surface area (Å²) >= 11 is 12.0. The van der Waals surface area contributed by atoms with Crippen molar-refractivity contribution < 1.29 is 13.2 Å². The second-order valence-corrected chi connectivity index (χ2v) is 7.64. The third-order valence-corrected chi connectivity index (χ3v) is 5.92. The van der Waals surface area contributed by atoms with Gasteiger partial charge in [0.1, 0.15) is 0 Å². The van der Waals surface area contributed by atoms with Crippen molar-refractivity contribution in [2.24, 2.45) is 0 Å². The Bertz CT molecular complexity index is 851. The quantitative estimate of drug-likeness (QED) is 0.576. The monoisotopic (exact) mass is 413 g/mol. The fraction of sp³-hybridized carbons (Fsp3) is 0.333. The van der Waals surface area contributed by atoms with Crippen molar-refractivity contribution in [3.05, 3.63) is 74.3 Å². The first-order valence-corrected chi connectivity index (χ1v) is 9.47. The minimum Gasteiger partial charge on any atom is -0.313 e. The number of alkyl halides is 3. The van der Waals surface area contributed by atoms with Crippen LogP contribution >= 0.6 is 23.2 Å². The molecule has 2 atom stereocenters. The van der Waals surface area contributed by atoms with Gasteiger partial charge in [-0.1, -0.05) is 59.6 Å². The minimum absolute atomic E-state index is 0.0852. The number of allylic oxidation sites excluding steroid dienone is 1. The van der Waals surface area contributed by atoms with Gasteiger partial charge < -0.3 is 5.32 Å². The standard InChI is InChI=1S/C21H20Cl2F3N/c1-12-9-15(11-18(22)20(12)23)17(21(24,25)26)7-4-13-3-6-16-14(10-13)5-8-19(16)27-2/h3-4,6-7,9-11,17,19,27H,5,8H2,1-2H3/b7-4+. The highest BCUT2D eigenvalue weighted by molar-refractivity contribution is 6.42. The number of hydrogen-bond donors (Lipinski definition) is 1. The fourth-order valence-corrected chi connectivity index (χ4v) is 3.97. The number of hydrogen-bond acceptors (Lipinski definition) is 1. The van der Waals surface area contributed by atoms with Crippen molar-refractivity contribution in [3.8, 4) is 0 Å². The van der Waals surface area contributed by atoms with Crippen LogP contribution in [0.25, 0.3) is 6.08 Å². The Labute approximate surface area is 167 Å². The third kappa shape index (κ3) is 4.34. The van der Waals surface area contributed by atoms with Crippen LogP contribution in [0.3, 0.4) is 0 Å². The summed E-state index contributed by atoms with van der Waals surface area (Å²) in [6.45, 7) is 1.65. The highest BCUT2D eigenvalue weighted by atomic mass is 35.5. The van der Waals surface area contributed by atoms with E-state index in [0.717, 1.165) is 18.4 Å². The summed E-state index contributed by atoms with van der Waals surface area (Å²) in [5, 5.41) is 3.67. The topological polar surface area (TPSA) is 12.0 Å². The Morgan fingerprint density at radius 1 is 1.19 bits per heavy atom. The number of nitrogens with one attached hydrogen (secondary N) is 1. The van der Waals surface area contributed by atoms with Crippen molar-refractivity contribution in [2.45, 2.75) is 37.9 Å². The van der Waals surface area contributed by atoms with Gasteiger partial charge in [0.25, 0.3) is 0 Å². The number of rotatable bonds is 4. The zero-order valence-electron chi connectivity index (χ0n) is 15.0. The van der Waals surface area contributed by atoms with Gasteiger partial charge >= 0.3 is 6.18 Å². The van der Waals surface area contributed by atoms with Gasteiger partial charge in [-0.2, -0.15) is 13.2 Å². The van der Waals surface area contributed by atoms with Gasteiger partial charge in [-0.3, -0.25) is 0 Å². The molecule has 2 aromatic rings. The number of halogens is 5. The maximum Gasteiger partial charge on any atom is 0.399 e. The largest absolute Gasteiger partial charge is 0.399 e. The van der Waals surface area contributed by atoms with Gasteiger partial charge in [0.15, 0.2) is 0 Å².